The second-order valence-corrected chi connectivity index (χ2v) is 15.2. The normalized spacial score (nSPS) is 13.1. The zero-order valence-corrected chi connectivity index (χ0v) is 31.5. The Balaban J connectivity index is 0.999. The lowest BCUT2D eigenvalue weighted by atomic mass is 9.65. The quantitative estimate of drug-likeness (QED) is 0.176. The van der Waals surface area contributed by atoms with Gasteiger partial charge in [0.2, 0.25) is 0 Å². The second kappa shape index (κ2) is 12.7. The van der Waals surface area contributed by atoms with Crippen LogP contribution in [0.2, 0.25) is 0 Å². The van der Waals surface area contributed by atoms with E-state index in [9.17, 15) is 0 Å². The molecule has 0 radical (unpaired) electrons. The molecule has 0 bridgehead atoms. The molecule has 0 saturated carbocycles. The third kappa shape index (κ3) is 4.68. The zero-order valence-electron chi connectivity index (χ0n) is 31.5. The third-order valence-electron chi connectivity index (χ3n) is 12.2. The SMILES string of the molecule is c1ccc(N(c2ccc(-c3cccc4c3Oc3ccccc3C43c4ccccc4-c4ccccc43)cc2)c2ccccc2-c2ccc3c(c2)oc2ccccc23)cc1. The zero-order chi connectivity index (χ0) is 38.2. The first-order chi connectivity index (χ1) is 28.8. The highest BCUT2D eigenvalue weighted by Gasteiger charge is 2.51. The van der Waals surface area contributed by atoms with Crippen LogP contribution in [0.3, 0.4) is 0 Å². The highest BCUT2D eigenvalue weighted by molar-refractivity contribution is 6.06. The average molecular weight is 742 g/mol. The fraction of sp³-hybridized carbons (Fsp3) is 0.0182. The van der Waals surface area contributed by atoms with Crippen LogP contribution in [0.4, 0.5) is 17.1 Å². The van der Waals surface area contributed by atoms with Crippen LogP contribution < -0.4 is 9.64 Å². The van der Waals surface area contributed by atoms with Gasteiger partial charge in [0.25, 0.3) is 0 Å². The predicted octanol–water partition coefficient (Wildman–Crippen LogP) is 14.9. The molecule has 0 atom stereocenters. The molecule has 1 aromatic heterocycles. The molecule has 58 heavy (non-hydrogen) atoms. The lowest BCUT2D eigenvalue weighted by Crippen LogP contribution is -2.32. The minimum atomic E-state index is -0.507. The van der Waals surface area contributed by atoms with E-state index in [1.165, 1.54) is 27.8 Å². The van der Waals surface area contributed by atoms with Gasteiger partial charge in [-0.15, -0.1) is 0 Å². The molecule has 2 heterocycles. The van der Waals surface area contributed by atoms with Crippen molar-refractivity contribution in [2.45, 2.75) is 5.41 Å². The fourth-order valence-corrected chi connectivity index (χ4v) is 9.71. The highest BCUT2D eigenvalue weighted by Crippen LogP contribution is 2.63. The molecule has 0 amide bonds. The summed E-state index contributed by atoms with van der Waals surface area (Å²) >= 11 is 0. The van der Waals surface area contributed by atoms with Gasteiger partial charge in [0.15, 0.2) is 0 Å². The Bertz CT molecular complexity index is 3170. The lowest BCUT2D eigenvalue weighted by molar-refractivity contribution is 0.438. The van der Waals surface area contributed by atoms with Gasteiger partial charge < -0.3 is 14.1 Å². The van der Waals surface area contributed by atoms with Crippen LogP contribution in [0.25, 0.3) is 55.3 Å². The number of para-hydroxylation sites is 5. The monoisotopic (exact) mass is 741 g/mol. The van der Waals surface area contributed by atoms with Gasteiger partial charge in [0, 0.05) is 44.4 Å². The number of hydrogen-bond donors (Lipinski definition) is 0. The van der Waals surface area contributed by atoms with Crippen LogP contribution in [0.1, 0.15) is 22.3 Å². The van der Waals surface area contributed by atoms with Crippen molar-refractivity contribution in [3.8, 4) is 44.9 Å². The van der Waals surface area contributed by atoms with Gasteiger partial charge in [-0.2, -0.15) is 0 Å². The van der Waals surface area contributed by atoms with Gasteiger partial charge in [-0.1, -0.05) is 158 Å². The summed E-state index contributed by atoms with van der Waals surface area (Å²) in [7, 11) is 0. The van der Waals surface area contributed by atoms with Gasteiger partial charge in [-0.3, -0.25) is 0 Å². The maximum atomic E-state index is 6.99. The summed E-state index contributed by atoms with van der Waals surface area (Å²) in [5.74, 6) is 1.78. The van der Waals surface area contributed by atoms with Crippen molar-refractivity contribution in [2.24, 2.45) is 0 Å². The first-order valence-electron chi connectivity index (χ1n) is 19.8. The van der Waals surface area contributed by atoms with Crippen molar-refractivity contribution in [2.75, 3.05) is 4.90 Å². The van der Waals surface area contributed by atoms with E-state index in [2.05, 4.69) is 205 Å². The average Bonchev–Trinajstić information content (AvgIpc) is 3.81. The van der Waals surface area contributed by atoms with Crippen molar-refractivity contribution in [3.63, 3.8) is 0 Å². The molecular weight excluding hydrogens is 707 g/mol. The topological polar surface area (TPSA) is 25.6 Å². The number of nitrogens with zero attached hydrogens (tertiary/aromatic N) is 1. The summed E-state index contributed by atoms with van der Waals surface area (Å²) < 4.78 is 13.3. The van der Waals surface area contributed by atoms with Crippen LogP contribution in [-0.4, -0.2) is 0 Å². The van der Waals surface area contributed by atoms with E-state index in [1.807, 2.05) is 12.1 Å². The largest absolute Gasteiger partial charge is 0.456 e. The summed E-state index contributed by atoms with van der Waals surface area (Å²) in [6, 6.07) is 75.9. The number of furan rings is 1. The molecule has 3 nitrogen and oxygen atoms in total. The van der Waals surface area contributed by atoms with Gasteiger partial charge in [-0.05, 0) is 88.0 Å². The Morgan fingerprint density at radius 2 is 0.931 bits per heavy atom. The second-order valence-electron chi connectivity index (χ2n) is 15.2. The molecule has 12 rings (SSSR count). The molecule has 2 aliphatic rings. The molecule has 0 unspecified atom stereocenters. The van der Waals surface area contributed by atoms with E-state index in [1.54, 1.807) is 0 Å². The molecule has 9 aromatic carbocycles. The molecule has 3 heteroatoms. The highest BCUT2D eigenvalue weighted by atomic mass is 16.5. The van der Waals surface area contributed by atoms with Crippen LogP contribution >= 0.6 is 0 Å². The first-order valence-corrected chi connectivity index (χ1v) is 19.8. The Morgan fingerprint density at radius 1 is 0.362 bits per heavy atom. The summed E-state index contributed by atoms with van der Waals surface area (Å²) in [6.07, 6.45) is 0. The molecule has 272 valence electrons. The molecule has 0 saturated heterocycles. The summed E-state index contributed by atoms with van der Waals surface area (Å²) in [5.41, 5.74) is 16.3. The summed E-state index contributed by atoms with van der Waals surface area (Å²) in [6.45, 7) is 0. The minimum absolute atomic E-state index is 0.507. The van der Waals surface area contributed by atoms with Gasteiger partial charge in [0.1, 0.15) is 22.7 Å². The van der Waals surface area contributed by atoms with Crippen molar-refractivity contribution in [3.05, 3.63) is 235 Å². The van der Waals surface area contributed by atoms with E-state index in [-0.39, 0.29) is 0 Å². The number of hydrogen-bond acceptors (Lipinski definition) is 3. The van der Waals surface area contributed by atoms with Crippen LogP contribution in [0, 0.1) is 0 Å². The van der Waals surface area contributed by atoms with Crippen LogP contribution in [-0.2, 0) is 5.41 Å². The molecule has 0 fully saturated rings. The number of benzene rings is 9. The van der Waals surface area contributed by atoms with E-state index in [0.29, 0.717) is 0 Å². The van der Waals surface area contributed by atoms with Crippen molar-refractivity contribution >= 4 is 39.0 Å². The van der Waals surface area contributed by atoms with E-state index >= 15 is 0 Å². The smallest absolute Gasteiger partial charge is 0.140 e. The maximum absolute atomic E-state index is 6.99. The van der Waals surface area contributed by atoms with Gasteiger partial charge >= 0.3 is 0 Å². The van der Waals surface area contributed by atoms with Gasteiger partial charge in [-0.25, -0.2) is 0 Å². The van der Waals surface area contributed by atoms with Crippen LogP contribution in [0.15, 0.2) is 217 Å². The number of rotatable bonds is 5. The molecule has 1 aliphatic heterocycles. The minimum Gasteiger partial charge on any atom is -0.456 e. The number of ether oxygens (including phenoxy) is 1. The summed E-state index contributed by atoms with van der Waals surface area (Å²) in [4.78, 5) is 2.34. The molecule has 1 aliphatic carbocycles. The fourth-order valence-electron chi connectivity index (χ4n) is 9.71. The van der Waals surface area contributed by atoms with Crippen molar-refractivity contribution < 1.29 is 9.15 Å². The molecule has 10 aromatic rings. The molecule has 1 spiro atoms. The predicted molar refractivity (Wildman–Crippen MR) is 237 cm³/mol. The Labute approximate surface area is 336 Å². The van der Waals surface area contributed by atoms with E-state index < -0.39 is 5.41 Å². The molecule has 0 N–H and O–H groups in total. The number of anilines is 3. The van der Waals surface area contributed by atoms with Crippen molar-refractivity contribution in [1.82, 2.24) is 0 Å². The standard InChI is InChI=1S/C55H35NO2/c1-2-15-38(16-3-1)56(50-26-11-6-17-40(50)37-31-34-45-44-20-7-12-27-51(44)57-53(45)35-37)39-32-29-36(30-33-39)41-21-14-25-49-54(41)58-52-28-13-10-24-48(52)55(49)46-22-8-4-18-42(46)43-19-5-9-23-47(43)55/h1-35H. The first kappa shape index (κ1) is 32.6. The Morgan fingerprint density at radius 3 is 1.72 bits per heavy atom. The maximum Gasteiger partial charge on any atom is 0.140 e. The van der Waals surface area contributed by atoms with E-state index in [0.717, 1.165) is 78.3 Å². The Hall–Kier alpha value is -7.62. The third-order valence-corrected chi connectivity index (χ3v) is 12.2. The van der Waals surface area contributed by atoms with Gasteiger partial charge in [0.05, 0.1) is 11.1 Å². The molecular formula is C55H35NO2. The summed E-state index contributed by atoms with van der Waals surface area (Å²) in [5, 5.41) is 2.25. The number of fused-ring (bicyclic) bond motifs is 12. The van der Waals surface area contributed by atoms with E-state index in [4.69, 9.17) is 9.15 Å². The van der Waals surface area contributed by atoms with Crippen molar-refractivity contribution in [1.29, 1.82) is 0 Å². The van der Waals surface area contributed by atoms with Crippen LogP contribution in [0.5, 0.6) is 11.5 Å². The Kier molecular flexibility index (Phi) is 7.14. The lowest BCUT2D eigenvalue weighted by Gasteiger charge is -2.40.